The van der Waals surface area contributed by atoms with Crippen LogP contribution >= 0.6 is 0 Å². The van der Waals surface area contributed by atoms with Crippen LogP contribution in [0.4, 0.5) is 0 Å². The van der Waals surface area contributed by atoms with Crippen LogP contribution in [-0.2, 0) is 9.53 Å². The minimum Gasteiger partial charge on any atom is -0.497 e. The third kappa shape index (κ3) is 4.37. The molecule has 2 aromatic carbocycles. The highest BCUT2D eigenvalue weighted by Crippen LogP contribution is 2.20. The lowest BCUT2D eigenvalue weighted by Crippen LogP contribution is -2.59. The van der Waals surface area contributed by atoms with Gasteiger partial charge in [-0.05, 0) is 48.5 Å². The summed E-state index contributed by atoms with van der Waals surface area (Å²) in [6, 6.07) is 12.5. The number of hydrogen-bond donors (Lipinski definition) is 0. The lowest BCUT2D eigenvalue weighted by atomic mass is 10.1. The molecule has 8 heteroatoms. The summed E-state index contributed by atoms with van der Waals surface area (Å²) in [5.74, 6) is 0.191. The molecule has 1 aliphatic rings. The summed E-state index contributed by atoms with van der Waals surface area (Å²) in [4.78, 5) is 41.3. The predicted octanol–water partition coefficient (Wildman–Crippen LogP) is 1.84. The SMILES string of the molecule is COC(=O)C1CN(C(=O)c2ccc(OC)cc2)CCN1C(=O)c1ccc(OC)cc1. The molecule has 1 saturated heterocycles. The Morgan fingerprint density at radius 3 is 1.73 bits per heavy atom. The number of methoxy groups -OCH3 is 3. The highest BCUT2D eigenvalue weighted by Gasteiger charge is 2.38. The van der Waals surface area contributed by atoms with E-state index >= 15 is 0 Å². The Balaban J connectivity index is 1.78. The second kappa shape index (κ2) is 9.30. The number of piperazine rings is 1. The zero-order valence-corrected chi connectivity index (χ0v) is 17.2. The van der Waals surface area contributed by atoms with E-state index in [1.165, 1.54) is 12.0 Å². The smallest absolute Gasteiger partial charge is 0.330 e. The Morgan fingerprint density at radius 1 is 0.767 bits per heavy atom. The van der Waals surface area contributed by atoms with Crippen molar-refractivity contribution in [2.75, 3.05) is 41.0 Å². The van der Waals surface area contributed by atoms with Gasteiger partial charge in [0.1, 0.15) is 17.5 Å². The fourth-order valence-electron chi connectivity index (χ4n) is 3.36. The molecule has 3 rings (SSSR count). The summed E-state index contributed by atoms with van der Waals surface area (Å²) in [6.07, 6.45) is 0. The van der Waals surface area contributed by atoms with Crippen molar-refractivity contribution in [3.05, 3.63) is 59.7 Å². The van der Waals surface area contributed by atoms with Gasteiger partial charge in [0.2, 0.25) is 0 Å². The standard InChI is InChI=1S/C22H24N2O6/c1-28-17-8-4-15(5-9-17)20(25)23-12-13-24(19(14-23)22(27)30-3)21(26)16-6-10-18(29-2)11-7-16/h4-11,19H,12-14H2,1-3H3. The van der Waals surface area contributed by atoms with E-state index < -0.39 is 12.0 Å². The van der Waals surface area contributed by atoms with Crippen LogP contribution in [0.3, 0.4) is 0 Å². The molecule has 30 heavy (non-hydrogen) atoms. The van der Waals surface area contributed by atoms with E-state index in [1.54, 1.807) is 67.7 Å². The van der Waals surface area contributed by atoms with Crippen LogP contribution in [0, 0.1) is 0 Å². The summed E-state index contributed by atoms with van der Waals surface area (Å²) < 4.78 is 15.1. The van der Waals surface area contributed by atoms with Crippen molar-refractivity contribution in [3.63, 3.8) is 0 Å². The van der Waals surface area contributed by atoms with Crippen molar-refractivity contribution in [1.82, 2.24) is 9.80 Å². The molecule has 2 amide bonds. The maximum atomic E-state index is 13.0. The fourth-order valence-corrected chi connectivity index (χ4v) is 3.36. The number of esters is 1. The average Bonchev–Trinajstić information content (AvgIpc) is 2.82. The molecule has 1 unspecified atom stereocenters. The number of nitrogens with zero attached hydrogens (tertiary/aromatic N) is 2. The molecule has 0 aliphatic carbocycles. The number of hydrogen-bond acceptors (Lipinski definition) is 6. The van der Waals surface area contributed by atoms with Crippen molar-refractivity contribution < 1.29 is 28.6 Å². The lowest BCUT2D eigenvalue weighted by Gasteiger charge is -2.40. The number of rotatable bonds is 5. The van der Waals surface area contributed by atoms with Gasteiger partial charge in [-0.1, -0.05) is 0 Å². The molecule has 1 aliphatic heterocycles. The molecule has 1 atom stereocenters. The van der Waals surface area contributed by atoms with Crippen LogP contribution in [0.5, 0.6) is 11.5 Å². The Kier molecular flexibility index (Phi) is 6.56. The molecule has 0 spiro atoms. The summed E-state index contributed by atoms with van der Waals surface area (Å²) in [5.41, 5.74) is 0.911. The molecule has 8 nitrogen and oxygen atoms in total. The Hall–Kier alpha value is -3.55. The maximum absolute atomic E-state index is 13.0. The third-order valence-electron chi connectivity index (χ3n) is 5.08. The number of carbonyl (C=O) groups excluding carboxylic acids is 3. The number of carbonyl (C=O) groups is 3. The zero-order valence-electron chi connectivity index (χ0n) is 17.2. The van der Waals surface area contributed by atoms with Gasteiger partial charge in [0, 0.05) is 24.2 Å². The molecular formula is C22H24N2O6. The van der Waals surface area contributed by atoms with Gasteiger partial charge in [0.15, 0.2) is 0 Å². The Bertz CT molecular complexity index is 910. The first-order valence-electron chi connectivity index (χ1n) is 9.44. The van der Waals surface area contributed by atoms with Crippen LogP contribution in [0.2, 0.25) is 0 Å². The van der Waals surface area contributed by atoms with Gasteiger partial charge in [-0.25, -0.2) is 4.79 Å². The van der Waals surface area contributed by atoms with E-state index in [0.717, 1.165) is 0 Å². The first kappa shape index (κ1) is 21.2. The van der Waals surface area contributed by atoms with Crippen molar-refractivity contribution in [2.45, 2.75) is 6.04 Å². The van der Waals surface area contributed by atoms with Crippen LogP contribution in [0.15, 0.2) is 48.5 Å². The van der Waals surface area contributed by atoms with Gasteiger partial charge >= 0.3 is 5.97 Å². The first-order chi connectivity index (χ1) is 14.5. The van der Waals surface area contributed by atoms with Crippen molar-refractivity contribution in [2.24, 2.45) is 0 Å². The molecule has 1 fully saturated rings. The van der Waals surface area contributed by atoms with Crippen molar-refractivity contribution >= 4 is 17.8 Å². The topological polar surface area (TPSA) is 85.4 Å². The van der Waals surface area contributed by atoms with Crippen LogP contribution < -0.4 is 9.47 Å². The van der Waals surface area contributed by atoms with Crippen LogP contribution in [0.25, 0.3) is 0 Å². The Labute approximate surface area is 174 Å². The predicted molar refractivity (Wildman–Crippen MR) is 109 cm³/mol. The van der Waals surface area contributed by atoms with Gasteiger partial charge in [0.25, 0.3) is 11.8 Å². The van der Waals surface area contributed by atoms with Crippen LogP contribution in [-0.4, -0.2) is 74.6 Å². The van der Waals surface area contributed by atoms with E-state index in [2.05, 4.69) is 0 Å². The van der Waals surface area contributed by atoms with Crippen molar-refractivity contribution in [1.29, 1.82) is 0 Å². The van der Waals surface area contributed by atoms with Gasteiger partial charge in [0.05, 0.1) is 27.9 Å². The van der Waals surface area contributed by atoms with E-state index in [0.29, 0.717) is 29.2 Å². The normalized spacial score (nSPS) is 16.0. The maximum Gasteiger partial charge on any atom is 0.330 e. The van der Waals surface area contributed by atoms with E-state index in [1.807, 2.05) is 0 Å². The van der Waals surface area contributed by atoms with Gasteiger partial charge in [-0.2, -0.15) is 0 Å². The molecule has 0 radical (unpaired) electrons. The first-order valence-corrected chi connectivity index (χ1v) is 9.44. The minimum absolute atomic E-state index is 0.0550. The van der Waals surface area contributed by atoms with E-state index in [-0.39, 0.29) is 24.9 Å². The quantitative estimate of drug-likeness (QED) is 0.697. The molecule has 158 valence electrons. The number of benzene rings is 2. The molecule has 0 N–H and O–H groups in total. The molecule has 1 heterocycles. The molecule has 0 aromatic heterocycles. The average molecular weight is 412 g/mol. The third-order valence-corrected chi connectivity index (χ3v) is 5.08. The zero-order chi connectivity index (χ0) is 21.7. The minimum atomic E-state index is -0.888. The molecule has 0 bridgehead atoms. The van der Waals surface area contributed by atoms with Gasteiger partial charge in [-0.3, -0.25) is 9.59 Å². The van der Waals surface area contributed by atoms with Crippen LogP contribution in [0.1, 0.15) is 20.7 Å². The second-order valence-electron chi connectivity index (χ2n) is 6.75. The van der Waals surface area contributed by atoms with Gasteiger partial charge < -0.3 is 24.0 Å². The lowest BCUT2D eigenvalue weighted by molar-refractivity contribution is -0.147. The molecule has 2 aromatic rings. The molecule has 0 saturated carbocycles. The second-order valence-corrected chi connectivity index (χ2v) is 6.75. The summed E-state index contributed by atoms with van der Waals surface area (Å²) in [7, 11) is 4.36. The van der Waals surface area contributed by atoms with Crippen molar-refractivity contribution in [3.8, 4) is 11.5 Å². The largest absolute Gasteiger partial charge is 0.497 e. The molecular weight excluding hydrogens is 388 g/mol. The number of ether oxygens (including phenoxy) is 3. The van der Waals surface area contributed by atoms with E-state index in [9.17, 15) is 14.4 Å². The Morgan fingerprint density at radius 2 is 1.27 bits per heavy atom. The fraction of sp³-hybridized carbons (Fsp3) is 0.318. The summed E-state index contributed by atoms with van der Waals surface area (Å²) in [5, 5.41) is 0. The monoisotopic (exact) mass is 412 g/mol. The highest BCUT2D eigenvalue weighted by molar-refractivity contribution is 5.98. The highest BCUT2D eigenvalue weighted by atomic mass is 16.5. The number of amides is 2. The summed E-state index contributed by atoms with van der Waals surface area (Å²) in [6.45, 7) is 0.576. The summed E-state index contributed by atoms with van der Waals surface area (Å²) >= 11 is 0. The van der Waals surface area contributed by atoms with Gasteiger partial charge in [-0.15, -0.1) is 0 Å². The van der Waals surface area contributed by atoms with E-state index in [4.69, 9.17) is 14.2 Å².